The van der Waals surface area contributed by atoms with Crippen molar-refractivity contribution < 1.29 is 8.42 Å². The minimum Gasteiger partial charge on any atom is -0.206 e. The molecule has 14 heavy (non-hydrogen) atoms. The van der Waals surface area contributed by atoms with E-state index in [4.69, 9.17) is 11.6 Å². The van der Waals surface area contributed by atoms with Crippen LogP contribution < -0.4 is 4.72 Å². The fourth-order valence-electron chi connectivity index (χ4n) is 0.797. The molecule has 0 bridgehead atoms. The second kappa shape index (κ2) is 4.94. The van der Waals surface area contributed by atoms with E-state index in [-0.39, 0.29) is 11.9 Å². The molecule has 1 atom stereocenters. The van der Waals surface area contributed by atoms with Gasteiger partial charge in [-0.3, -0.25) is 0 Å². The second-order valence-corrected chi connectivity index (χ2v) is 7.45. The summed E-state index contributed by atoms with van der Waals surface area (Å²) in [7, 11) is -3.40. The highest BCUT2D eigenvalue weighted by Crippen LogP contribution is 2.25. The molecule has 0 aliphatic carbocycles. The summed E-state index contributed by atoms with van der Waals surface area (Å²) in [6.45, 7) is 1.72. The zero-order valence-electron chi connectivity index (χ0n) is 7.33. The number of alkyl halides is 1. The van der Waals surface area contributed by atoms with Gasteiger partial charge in [-0.15, -0.1) is 22.9 Å². The molecule has 0 aliphatic heterocycles. The molecule has 0 aliphatic rings. The van der Waals surface area contributed by atoms with Crippen LogP contribution in [0.25, 0.3) is 0 Å². The lowest BCUT2D eigenvalue weighted by molar-refractivity contribution is 0.573. The van der Waals surface area contributed by atoms with Gasteiger partial charge in [-0.25, -0.2) is 13.1 Å². The molecule has 80 valence electrons. The smallest absolute Gasteiger partial charge is 0.206 e. The van der Waals surface area contributed by atoms with Crippen molar-refractivity contribution in [3.63, 3.8) is 0 Å². The number of rotatable bonds is 4. The third-order valence-electron chi connectivity index (χ3n) is 1.40. The Morgan fingerprint density at radius 1 is 1.64 bits per heavy atom. The largest absolute Gasteiger partial charge is 0.250 e. The number of hydrogen-bond donors (Lipinski definition) is 1. The number of thiophene rings is 1. The number of nitrogens with one attached hydrogen (secondary N) is 1. The molecule has 1 N–H and O–H groups in total. The number of halogens is 2. The summed E-state index contributed by atoms with van der Waals surface area (Å²) in [6.07, 6.45) is 0. The van der Waals surface area contributed by atoms with Crippen LogP contribution in [0.1, 0.15) is 6.92 Å². The molecule has 1 unspecified atom stereocenters. The molecule has 0 fully saturated rings. The third kappa shape index (κ3) is 3.20. The Morgan fingerprint density at radius 2 is 2.29 bits per heavy atom. The van der Waals surface area contributed by atoms with Crippen LogP contribution in [0, 0.1) is 0 Å². The second-order valence-electron chi connectivity index (χ2n) is 2.74. The lowest BCUT2D eigenvalue weighted by Gasteiger charge is -2.09. The zero-order chi connectivity index (χ0) is 10.8. The maximum absolute atomic E-state index is 11.6. The Hall–Kier alpha value is 0.380. The summed E-state index contributed by atoms with van der Waals surface area (Å²) < 4.78 is 26.8. The van der Waals surface area contributed by atoms with Crippen molar-refractivity contribution in [2.24, 2.45) is 0 Å². The van der Waals surface area contributed by atoms with E-state index >= 15 is 0 Å². The van der Waals surface area contributed by atoms with Crippen molar-refractivity contribution in [2.45, 2.75) is 17.2 Å². The minimum absolute atomic E-state index is 0.256. The SMILES string of the molecule is CC(CCl)NS(=O)(=O)c1ccc(Br)s1. The molecule has 0 aromatic carbocycles. The van der Waals surface area contributed by atoms with Gasteiger partial charge in [-0.1, -0.05) is 0 Å². The van der Waals surface area contributed by atoms with Crippen molar-refractivity contribution in [2.75, 3.05) is 5.88 Å². The van der Waals surface area contributed by atoms with E-state index in [1.54, 1.807) is 19.1 Å². The Kier molecular flexibility index (Phi) is 4.39. The van der Waals surface area contributed by atoms with Gasteiger partial charge in [0.05, 0.1) is 3.79 Å². The summed E-state index contributed by atoms with van der Waals surface area (Å²) in [5, 5.41) is 0. The highest BCUT2D eigenvalue weighted by atomic mass is 79.9. The van der Waals surface area contributed by atoms with Crippen LogP contribution in [0.5, 0.6) is 0 Å². The first-order valence-electron chi connectivity index (χ1n) is 3.79. The highest BCUT2D eigenvalue weighted by Gasteiger charge is 2.18. The van der Waals surface area contributed by atoms with Crippen LogP contribution in [0.4, 0.5) is 0 Å². The van der Waals surface area contributed by atoms with Crippen molar-refractivity contribution in [1.82, 2.24) is 4.72 Å². The van der Waals surface area contributed by atoms with Gasteiger partial charge in [0.15, 0.2) is 0 Å². The Labute approximate surface area is 101 Å². The van der Waals surface area contributed by atoms with E-state index < -0.39 is 10.0 Å². The monoisotopic (exact) mass is 317 g/mol. The average Bonchev–Trinajstić information content (AvgIpc) is 2.51. The summed E-state index contributed by atoms with van der Waals surface area (Å²) in [5.41, 5.74) is 0. The molecule has 0 saturated carbocycles. The first kappa shape index (κ1) is 12.4. The fraction of sp³-hybridized carbons (Fsp3) is 0.429. The Bertz CT molecular complexity index is 404. The molecule has 0 amide bonds. The first-order chi connectivity index (χ1) is 6.45. The van der Waals surface area contributed by atoms with E-state index in [1.807, 2.05) is 0 Å². The molecule has 0 radical (unpaired) electrons. The van der Waals surface area contributed by atoms with Gasteiger partial charge >= 0.3 is 0 Å². The maximum Gasteiger partial charge on any atom is 0.250 e. The van der Waals surface area contributed by atoms with Crippen LogP contribution in [-0.2, 0) is 10.0 Å². The van der Waals surface area contributed by atoms with Gasteiger partial charge in [0.2, 0.25) is 10.0 Å². The standard InChI is InChI=1S/C7H9BrClNO2S2/c1-5(4-9)10-14(11,12)7-3-2-6(8)13-7/h2-3,5,10H,4H2,1H3. The van der Waals surface area contributed by atoms with E-state index in [1.165, 1.54) is 11.3 Å². The zero-order valence-corrected chi connectivity index (χ0v) is 11.3. The van der Waals surface area contributed by atoms with E-state index in [0.29, 0.717) is 4.21 Å². The number of hydrogen-bond acceptors (Lipinski definition) is 3. The van der Waals surface area contributed by atoms with Crippen molar-refractivity contribution in [3.8, 4) is 0 Å². The summed E-state index contributed by atoms with van der Waals surface area (Å²) in [5.74, 6) is 0.256. The van der Waals surface area contributed by atoms with E-state index in [9.17, 15) is 8.42 Å². The summed E-state index contributed by atoms with van der Waals surface area (Å²) in [6, 6.07) is 2.99. The highest BCUT2D eigenvalue weighted by molar-refractivity contribution is 9.11. The first-order valence-corrected chi connectivity index (χ1v) is 7.42. The van der Waals surface area contributed by atoms with Gasteiger partial charge in [0, 0.05) is 11.9 Å². The molecule has 7 heteroatoms. The molecule has 1 heterocycles. The van der Waals surface area contributed by atoms with Crippen LogP contribution in [0.2, 0.25) is 0 Å². The predicted molar refractivity (Wildman–Crippen MR) is 62.5 cm³/mol. The average molecular weight is 319 g/mol. The normalized spacial score (nSPS) is 14.2. The van der Waals surface area contributed by atoms with Gasteiger partial charge in [-0.2, -0.15) is 0 Å². The van der Waals surface area contributed by atoms with Crippen LogP contribution >= 0.6 is 38.9 Å². The fourth-order valence-corrected chi connectivity index (χ4v) is 4.24. The molecule has 3 nitrogen and oxygen atoms in total. The topological polar surface area (TPSA) is 46.2 Å². The molecule has 0 spiro atoms. The van der Waals surface area contributed by atoms with Crippen LogP contribution in [0.15, 0.2) is 20.1 Å². The minimum atomic E-state index is -3.40. The van der Waals surface area contributed by atoms with E-state index in [0.717, 1.165) is 3.79 Å². The van der Waals surface area contributed by atoms with Crippen LogP contribution in [0.3, 0.4) is 0 Å². The molecular formula is C7H9BrClNO2S2. The Morgan fingerprint density at radius 3 is 2.71 bits per heavy atom. The molecular weight excluding hydrogens is 310 g/mol. The molecule has 0 saturated heterocycles. The lowest BCUT2D eigenvalue weighted by Crippen LogP contribution is -2.33. The quantitative estimate of drug-likeness (QED) is 0.867. The molecule has 1 aromatic rings. The molecule has 1 aromatic heterocycles. The van der Waals surface area contributed by atoms with Gasteiger partial charge in [0.1, 0.15) is 4.21 Å². The van der Waals surface area contributed by atoms with Crippen molar-refractivity contribution in [1.29, 1.82) is 0 Å². The third-order valence-corrected chi connectivity index (χ3v) is 5.57. The van der Waals surface area contributed by atoms with Crippen LogP contribution in [-0.4, -0.2) is 20.3 Å². The maximum atomic E-state index is 11.6. The number of sulfonamides is 1. The van der Waals surface area contributed by atoms with Crippen molar-refractivity contribution in [3.05, 3.63) is 15.9 Å². The van der Waals surface area contributed by atoms with Gasteiger partial charge in [-0.05, 0) is 35.0 Å². The predicted octanol–water partition coefficient (Wildman–Crippen LogP) is 2.42. The lowest BCUT2D eigenvalue weighted by atomic mass is 10.4. The molecule has 1 rings (SSSR count). The summed E-state index contributed by atoms with van der Waals surface area (Å²) >= 11 is 9.90. The van der Waals surface area contributed by atoms with Crippen molar-refractivity contribution >= 4 is 48.9 Å². The van der Waals surface area contributed by atoms with Gasteiger partial charge < -0.3 is 0 Å². The Balaban J connectivity index is 2.86. The summed E-state index contributed by atoms with van der Waals surface area (Å²) in [4.78, 5) is 0. The van der Waals surface area contributed by atoms with Gasteiger partial charge in [0.25, 0.3) is 0 Å². The van der Waals surface area contributed by atoms with E-state index in [2.05, 4.69) is 20.7 Å².